The van der Waals surface area contributed by atoms with Crippen LogP contribution < -0.4 is 5.73 Å². The third-order valence-electron chi connectivity index (χ3n) is 3.96. The van der Waals surface area contributed by atoms with Crippen molar-refractivity contribution in [1.29, 1.82) is 0 Å². The van der Waals surface area contributed by atoms with E-state index < -0.39 is 5.82 Å². The maximum Gasteiger partial charge on any atom is 0.257 e. The summed E-state index contributed by atoms with van der Waals surface area (Å²) < 4.78 is 19.4. The van der Waals surface area contributed by atoms with Gasteiger partial charge in [0.05, 0.1) is 11.7 Å². The van der Waals surface area contributed by atoms with E-state index in [0.717, 1.165) is 6.42 Å². The molecule has 0 aliphatic carbocycles. The van der Waals surface area contributed by atoms with E-state index in [-0.39, 0.29) is 23.6 Å². The first-order valence-electron chi connectivity index (χ1n) is 6.87. The zero-order valence-electron chi connectivity index (χ0n) is 11.9. The average molecular weight is 280 g/mol. The number of hydrogen-bond acceptors (Lipinski definition) is 3. The second-order valence-electron chi connectivity index (χ2n) is 5.21. The smallest absolute Gasteiger partial charge is 0.257 e. The zero-order chi connectivity index (χ0) is 14.7. The Morgan fingerprint density at radius 1 is 1.55 bits per heavy atom. The summed E-state index contributed by atoms with van der Waals surface area (Å²) in [6.45, 7) is 2.56. The van der Waals surface area contributed by atoms with Gasteiger partial charge in [-0.15, -0.1) is 0 Å². The Hall–Kier alpha value is -1.46. The van der Waals surface area contributed by atoms with E-state index in [9.17, 15) is 9.18 Å². The Morgan fingerprint density at radius 3 is 2.95 bits per heavy atom. The monoisotopic (exact) mass is 280 g/mol. The van der Waals surface area contributed by atoms with E-state index >= 15 is 0 Å². The molecule has 1 heterocycles. The molecule has 0 bridgehead atoms. The molecule has 0 radical (unpaired) electrons. The predicted molar refractivity (Wildman–Crippen MR) is 75.0 cm³/mol. The molecule has 2 N–H and O–H groups in total. The van der Waals surface area contributed by atoms with Gasteiger partial charge in [0.2, 0.25) is 0 Å². The van der Waals surface area contributed by atoms with E-state index in [1.54, 1.807) is 31.1 Å². The number of piperidine rings is 1. The Morgan fingerprint density at radius 2 is 2.30 bits per heavy atom. The van der Waals surface area contributed by atoms with Crippen molar-refractivity contribution in [3.63, 3.8) is 0 Å². The summed E-state index contributed by atoms with van der Waals surface area (Å²) in [6.07, 6.45) is 1.58. The summed E-state index contributed by atoms with van der Waals surface area (Å²) in [6, 6.07) is 4.79. The largest absolute Gasteiger partial charge is 0.381 e. The Kier molecular flexibility index (Phi) is 4.73. The summed E-state index contributed by atoms with van der Waals surface area (Å²) in [4.78, 5) is 14.2. The molecule has 2 rings (SSSR count). The molecular weight excluding hydrogens is 259 g/mol. The number of hydrogen-bond donors (Lipinski definition) is 1. The van der Waals surface area contributed by atoms with Crippen molar-refractivity contribution >= 4 is 5.91 Å². The number of ether oxygens (including phenoxy) is 1. The molecule has 1 aliphatic heterocycles. The van der Waals surface area contributed by atoms with E-state index in [1.807, 2.05) is 0 Å². The average Bonchev–Trinajstić information content (AvgIpc) is 2.48. The molecule has 2 unspecified atom stereocenters. The number of nitrogens with two attached hydrogens (primary N) is 1. The van der Waals surface area contributed by atoms with Gasteiger partial charge in [-0.2, -0.15) is 0 Å². The molecule has 5 heteroatoms. The van der Waals surface area contributed by atoms with Gasteiger partial charge in [0.1, 0.15) is 5.82 Å². The lowest BCUT2D eigenvalue weighted by Gasteiger charge is -2.38. The number of methoxy groups -OCH3 is 1. The van der Waals surface area contributed by atoms with Gasteiger partial charge >= 0.3 is 0 Å². The molecular formula is C15H21FN2O2. The Balaban J connectivity index is 2.22. The number of nitrogens with zero attached hydrogens (tertiary/aromatic N) is 1. The number of likely N-dealkylation sites (tertiary alicyclic amines) is 1. The molecule has 1 amide bonds. The van der Waals surface area contributed by atoms with Crippen LogP contribution in [0.4, 0.5) is 4.39 Å². The first-order valence-corrected chi connectivity index (χ1v) is 6.87. The van der Waals surface area contributed by atoms with Gasteiger partial charge in [-0.1, -0.05) is 12.1 Å². The topological polar surface area (TPSA) is 55.6 Å². The third kappa shape index (κ3) is 2.83. The van der Waals surface area contributed by atoms with Crippen LogP contribution in [0.1, 0.15) is 28.8 Å². The summed E-state index contributed by atoms with van der Waals surface area (Å²) in [5.74, 6) is -0.724. The van der Waals surface area contributed by atoms with Gasteiger partial charge in [0.15, 0.2) is 0 Å². The summed E-state index contributed by atoms with van der Waals surface area (Å²) in [5.41, 5.74) is 6.35. The van der Waals surface area contributed by atoms with Crippen LogP contribution in [0.2, 0.25) is 0 Å². The normalized spacial score (nSPS) is 22.9. The minimum absolute atomic E-state index is 0.0962. The van der Waals surface area contributed by atoms with Crippen molar-refractivity contribution in [2.24, 2.45) is 5.73 Å². The third-order valence-corrected chi connectivity index (χ3v) is 3.96. The molecule has 0 saturated carbocycles. The lowest BCUT2D eigenvalue weighted by Crippen LogP contribution is -2.51. The second-order valence-corrected chi connectivity index (χ2v) is 5.21. The van der Waals surface area contributed by atoms with Crippen molar-refractivity contribution in [3.05, 3.63) is 35.1 Å². The van der Waals surface area contributed by atoms with Crippen LogP contribution in [0.15, 0.2) is 18.2 Å². The van der Waals surface area contributed by atoms with Crippen LogP contribution >= 0.6 is 0 Å². The van der Waals surface area contributed by atoms with Crippen LogP contribution in [0.3, 0.4) is 0 Å². The summed E-state index contributed by atoms with van der Waals surface area (Å²) >= 11 is 0. The van der Waals surface area contributed by atoms with Crippen molar-refractivity contribution in [1.82, 2.24) is 4.90 Å². The predicted octanol–water partition coefficient (Wildman–Crippen LogP) is 1.71. The first kappa shape index (κ1) is 14.9. The standard InChI is InChI=1S/C15H21FN2O2/c1-10-4-3-5-13(14(10)16)15(19)18-7-6-12(20-2)8-11(18)9-17/h3-5,11-12H,6-9,17H2,1-2H3. The van der Waals surface area contributed by atoms with Gasteiger partial charge < -0.3 is 15.4 Å². The first-order chi connectivity index (χ1) is 9.58. The highest BCUT2D eigenvalue weighted by atomic mass is 19.1. The highest BCUT2D eigenvalue weighted by molar-refractivity contribution is 5.95. The van der Waals surface area contributed by atoms with Crippen molar-refractivity contribution in [2.75, 3.05) is 20.2 Å². The minimum atomic E-state index is -0.442. The van der Waals surface area contributed by atoms with E-state index in [1.165, 1.54) is 6.07 Å². The molecule has 0 aromatic heterocycles. The number of rotatable bonds is 3. The number of aryl methyl sites for hydroxylation is 1. The van der Waals surface area contributed by atoms with Crippen LogP contribution in [0, 0.1) is 12.7 Å². The fraction of sp³-hybridized carbons (Fsp3) is 0.533. The van der Waals surface area contributed by atoms with Crippen LogP contribution in [-0.4, -0.2) is 43.2 Å². The SMILES string of the molecule is COC1CCN(C(=O)c2cccc(C)c2F)C(CN)C1. The fourth-order valence-electron chi connectivity index (χ4n) is 2.69. The van der Waals surface area contributed by atoms with Gasteiger partial charge in [0.25, 0.3) is 5.91 Å². The molecule has 4 nitrogen and oxygen atoms in total. The van der Waals surface area contributed by atoms with E-state index in [0.29, 0.717) is 25.1 Å². The number of halogens is 1. The minimum Gasteiger partial charge on any atom is -0.381 e. The molecule has 20 heavy (non-hydrogen) atoms. The Labute approximate surface area is 118 Å². The number of carbonyl (C=O) groups is 1. The van der Waals surface area contributed by atoms with Crippen LogP contribution in [0.25, 0.3) is 0 Å². The van der Waals surface area contributed by atoms with Crippen molar-refractivity contribution < 1.29 is 13.9 Å². The molecule has 1 aliphatic rings. The summed E-state index contributed by atoms with van der Waals surface area (Å²) in [7, 11) is 1.66. The van der Waals surface area contributed by atoms with E-state index in [4.69, 9.17) is 10.5 Å². The maximum absolute atomic E-state index is 14.1. The molecule has 2 atom stereocenters. The van der Waals surface area contributed by atoms with Crippen LogP contribution in [0.5, 0.6) is 0 Å². The summed E-state index contributed by atoms with van der Waals surface area (Å²) in [5, 5.41) is 0. The quantitative estimate of drug-likeness (QED) is 0.917. The van der Waals surface area contributed by atoms with Gasteiger partial charge in [-0.05, 0) is 31.4 Å². The molecule has 0 spiro atoms. The zero-order valence-corrected chi connectivity index (χ0v) is 11.9. The lowest BCUT2D eigenvalue weighted by atomic mass is 9.97. The second kappa shape index (κ2) is 6.33. The van der Waals surface area contributed by atoms with Gasteiger partial charge in [0, 0.05) is 26.2 Å². The van der Waals surface area contributed by atoms with Crippen LogP contribution in [-0.2, 0) is 4.74 Å². The number of carbonyl (C=O) groups excluding carboxylic acids is 1. The molecule has 1 fully saturated rings. The number of amides is 1. The van der Waals surface area contributed by atoms with Gasteiger partial charge in [-0.3, -0.25) is 4.79 Å². The van der Waals surface area contributed by atoms with Crippen molar-refractivity contribution in [2.45, 2.75) is 31.9 Å². The maximum atomic E-state index is 14.1. The lowest BCUT2D eigenvalue weighted by molar-refractivity contribution is 0.0137. The number of benzene rings is 1. The van der Waals surface area contributed by atoms with E-state index in [2.05, 4.69) is 0 Å². The van der Waals surface area contributed by atoms with Gasteiger partial charge in [-0.25, -0.2) is 4.39 Å². The highest BCUT2D eigenvalue weighted by Gasteiger charge is 2.32. The molecule has 1 saturated heterocycles. The fourth-order valence-corrected chi connectivity index (χ4v) is 2.69. The highest BCUT2D eigenvalue weighted by Crippen LogP contribution is 2.23. The van der Waals surface area contributed by atoms with Crippen molar-refractivity contribution in [3.8, 4) is 0 Å². The molecule has 110 valence electrons. The molecule has 1 aromatic rings. The molecule has 1 aromatic carbocycles. The Bertz CT molecular complexity index is 493.